The Kier molecular flexibility index (Phi) is 2.39. The fraction of sp³-hybridized carbons (Fsp3) is 0.667. The van der Waals surface area contributed by atoms with Crippen LogP contribution in [0.1, 0.15) is 61.7 Å². The lowest BCUT2D eigenvalue weighted by molar-refractivity contribution is 0.690. The van der Waals surface area contributed by atoms with Crippen LogP contribution in [0, 0.1) is 0 Å². The van der Waals surface area contributed by atoms with Gasteiger partial charge in [-0.2, -0.15) is 0 Å². The van der Waals surface area contributed by atoms with Gasteiger partial charge in [-0.1, -0.05) is 12.8 Å². The first-order valence-electron chi connectivity index (χ1n) is 5.87. The molecule has 0 atom stereocenters. The minimum Gasteiger partial charge on any atom is -0.223 e. The fourth-order valence-corrected chi connectivity index (χ4v) is 2.67. The summed E-state index contributed by atoms with van der Waals surface area (Å²) in [6, 6.07) is 2.19. The molecule has 0 N–H and O–H groups in total. The highest BCUT2D eigenvalue weighted by atomic mass is 35.5. The van der Waals surface area contributed by atoms with Crippen LogP contribution in [-0.2, 0) is 0 Å². The predicted molar refractivity (Wildman–Crippen MR) is 60.2 cm³/mol. The van der Waals surface area contributed by atoms with Crippen LogP contribution >= 0.6 is 11.6 Å². The number of hydrogen-bond acceptors (Lipinski definition) is 2. The number of hydrogen-bond donors (Lipinski definition) is 0. The maximum atomic E-state index is 5.98. The highest BCUT2D eigenvalue weighted by Crippen LogP contribution is 2.41. The molecule has 80 valence electrons. The molecule has 0 spiro atoms. The largest absolute Gasteiger partial charge is 0.223 e. The summed E-state index contributed by atoms with van der Waals surface area (Å²) in [6.07, 6.45) is 7.78. The average molecular weight is 223 g/mol. The normalized spacial score (nSPS) is 22.2. The van der Waals surface area contributed by atoms with Crippen LogP contribution in [0.3, 0.4) is 0 Å². The molecule has 0 saturated heterocycles. The molecule has 0 unspecified atom stereocenters. The number of aromatic nitrogens is 2. The highest BCUT2D eigenvalue weighted by molar-refractivity contribution is 6.28. The van der Waals surface area contributed by atoms with Crippen molar-refractivity contribution >= 4 is 11.6 Å². The van der Waals surface area contributed by atoms with E-state index in [1.807, 2.05) is 0 Å². The van der Waals surface area contributed by atoms with E-state index in [1.54, 1.807) is 0 Å². The Hall–Kier alpha value is -0.630. The summed E-state index contributed by atoms with van der Waals surface area (Å²) in [5.74, 6) is 1.31. The first-order chi connectivity index (χ1) is 7.33. The van der Waals surface area contributed by atoms with Gasteiger partial charge in [-0.15, -0.1) is 0 Å². The van der Waals surface area contributed by atoms with E-state index in [1.165, 1.54) is 49.9 Å². The maximum absolute atomic E-state index is 5.98. The van der Waals surface area contributed by atoms with Gasteiger partial charge in [-0.3, -0.25) is 0 Å². The van der Waals surface area contributed by atoms with Crippen molar-refractivity contribution in [3.05, 3.63) is 22.7 Å². The topological polar surface area (TPSA) is 25.8 Å². The molecule has 1 heterocycles. The molecule has 2 aliphatic carbocycles. The molecule has 15 heavy (non-hydrogen) atoms. The van der Waals surface area contributed by atoms with Crippen molar-refractivity contribution in [2.45, 2.75) is 50.4 Å². The molecule has 0 bridgehead atoms. The van der Waals surface area contributed by atoms with Crippen molar-refractivity contribution in [3.63, 3.8) is 0 Å². The quantitative estimate of drug-likeness (QED) is 0.714. The molecule has 3 rings (SSSR count). The van der Waals surface area contributed by atoms with Gasteiger partial charge in [0.2, 0.25) is 5.28 Å². The Morgan fingerprint density at radius 2 is 1.47 bits per heavy atom. The summed E-state index contributed by atoms with van der Waals surface area (Å²) < 4.78 is 0. The predicted octanol–water partition coefficient (Wildman–Crippen LogP) is 3.67. The average Bonchev–Trinajstić information content (AvgIpc) is 2.93. The maximum Gasteiger partial charge on any atom is 0.222 e. The van der Waals surface area contributed by atoms with Crippen molar-refractivity contribution in [1.29, 1.82) is 0 Å². The summed E-state index contributed by atoms with van der Waals surface area (Å²) in [5, 5.41) is 0.446. The third-order valence-corrected chi connectivity index (χ3v) is 3.68. The van der Waals surface area contributed by atoms with Crippen molar-refractivity contribution in [3.8, 4) is 0 Å². The first kappa shape index (κ1) is 9.59. The zero-order valence-corrected chi connectivity index (χ0v) is 9.50. The molecule has 0 amide bonds. The molecule has 1 aromatic heterocycles. The number of halogens is 1. The van der Waals surface area contributed by atoms with Crippen LogP contribution in [0.2, 0.25) is 5.28 Å². The van der Waals surface area contributed by atoms with E-state index in [9.17, 15) is 0 Å². The van der Waals surface area contributed by atoms with Crippen LogP contribution in [0.15, 0.2) is 6.07 Å². The zero-order valence-electron chi connectivity index (χ0n) is 8.75. The lowest BCUT2D eigenvalue weighted by Gasteiger charge is -2.09. The van der Waals surface area contributed by atoms with Crippen LogP contribution in [-0.4, -0.2) is 9.97 Å². The molecule has 1 aromatic rings. The molecule has 0 aromatic carbocycles. The Labute approximate surface area is 95.1 Å². The second-order valence-electron chi connectivity index (χ2n) is 4.74. The monoisotopic (exact) mass is 222 g/mol. The lowest BCUT2D eigenvalue weighted by Crippen LogP contribution is -2.01. The van der Waals surface area contributed by atoms with E-state index >= 15 is 0 Å². The Bertz CT molecular complexity index is 368. The summed E-state index contributed by atoms with van der Waals surface area (Å²) in [6.45, 7) is 0. The van der Waals surface area contributed by atoms with Crippen molar-refractivity contribution in [1.82, 2.24) is 9.97 Å². The highest BCUT2D eigenvalue weighted by Gasteiger charge is 2.27. The minimum absolute atomic E-state index is 0.446. The van der Waals surface area contributed by atoms with Gasteiger partial charge in [0.25, 0.3) is 0 Å². The molecule has 0 aliphatic heterocycles. The van der Waals surface area contributed by atoms with E-state index in [2.05, 4.69) is 16.0 Å². The lowest BCUT2D eigenvalue weighted by atomic mass is 10.0. The SMILES string of the molecule is Clc1nc(C2CCCC2)cc(C2CC2)n1. The summed E-state index contributed by atoms with van der Waals surface area (Å²) in [7, 11) is 0. The molecular weight excluding hydrogens is 208 g/mol. The van der Waals surface area contributed by atoms with Crippen molar-refractivity contribution < 1.29 is 0 Å². The molecule has 2 aliphatic rings. The Balaban J connectivity index is 1.91. The smallest absolute Gasteiger partial charge is 0.222 e. The van der Waals surface area contributed by atoms with Crippen LogP contribution < -0.4 is 0 Å². The molecule has 0 radical (unpaired) electrons. The molecule has 2 nitrogen and oxygen atoms in total. The first-order valence-corrected chi connectivity index (χ1v) is 6.25. The third-order valence-electron chi connectivity index (χ3n) is 3.51. The number of rotatable bonds is 2. The van der Waals surface area contributed by atoms with Gasteiger partial charge >= 0.3 is 0 Å². The van der Waals surface area contributed by atoms with Crippen LogP contribution in [0.5, 0.6) is 0 Å². The van der Waals surface area contributed by atoms with Gasteiger partial charge in [0.1, 0.15) is 0 Å². The molecule has 3 heteroatoms. The molecular formula is C12H15ClN2. The van der Waals surface area contributed by atoms with E-state index in [-0.39, 0.29) is 0 Å². The van der Waals surface area contributed by atoms with Gasteiger partial charge in [0, 0.05) is 23.2 Å². The zero-order chi connectivity index (χ0) is 10.3. The van der Waals surface area contributed by atoms with Gasteiger partial charge in [0.05, 0.1) is 0 Å². The van der Waals surface area contributed by atoms with Gasteiger partial charge in [-0.05, 0) is 43.4 Å². The van der Waals surface area contributed by atoms with Gasteiger partial charge in [-0.25, -0.2) is 9.97 Å². The third kappa shape index (κ3) is 2.00. The minimum atomic E-state index is 0.446. The molecule has 2 saturated carbocycles. The van der Waals surface area contributed by atoms with Crippen LogP contribution in [0.4, 0.5) is 0 Å². The summed E-state index contributed by atoms with van der Waals surface area (Å²) in [5.41, 5.74) is 2.37. The Morgan fingerprint density at radius 1 is 0.933 bits per heavy atom. The van der Waals surface area contributed by atoms with E-state index in [0.29, 0.717) is 17.1 Å². The van der Waals surface area contributed by atoms with Crippen molar-refractivity contribution in [2.75, 3.05) is 0 Å². The van der Waals surface area contributed by atoms with Gasteiger partial charge < -0.3 is 0 Å². The van der Waals surface area contributed by atoms with Gasteiger partial charge in [0.15, 0.2) is 0 Å². The Morgan fingerprint density at radius 3 is 2.00 bits per heavy atom. The molecule has 2 fully saturated rings. The second kappa shape index (κ2) is 3.75. The fourth-order valence-electron chi connectivity index (χ4n) is 2.47. The summed E-state index contributed by atoms with van der Waals surface area (Å²) in [4.78, 5) is 8.70. The van der Waals surface area contributed by atoms with Crippen LogP contribution in [0.25, 0.3) is 0 Å². The van der Waals surface area contributed by atoms with E-state index in [0.717, 1.165) is 0 Å². The second-order valence-corrected chi connectivity index (χ2v) is 5.08. The van der Waals surface area contributed by atoms with Crippen molar-refractivity contribution in [2.24, 2.45) is 0 Å². The van der Waals surface area contributed by atoms with E-state index < -0.39 is 0 Å². The summed E-state index contributed by atoms with van der Waals surface area (Å²) >= 11 is 5.98. The standard InChI is InChI=1S/C12H15ClN2/c13-12-14-10(8-3-1-2-4-8)7-11(15-12)9-5-6-9/h7-9H,1-6H2. The number of nitrogens with zero attached hydrogens (tertiary/aromatic N) is 2. The van der Waals surface area contributed by atoms with E-state index in [4.69, 9.17) is 11.6 Å².